The zero-order valence-electron chi connectivity index (χ0n) is 27.0. The third-order valence-electron chi connectivity index (χ3n) is 6.42. The number of benzene rings is 2. The highest BCUT2D eigenvalue weighted by atomic mass is 19.4. The van der Waals surface area contributed by atoms with Crippen LogP contribution in [0.2, 0.25) is 0 Å². The zero-order chi connectivity index (χ0) is 33.2. The van der Waals surface area contributed by atoms with Crippen LogP contribution >= 0.6 is 0 Å². The third-order valence-corrected chi connectivity index (χ3v) is 6.42. The summed E-state index contributed by atoms with van der Waals surface area (Å²) in [5.41, 5.74) is 0.710. The number of aromatic nitrogens is 1. The lowest BCUT2D eigenvalue weighted by molar-refractivity contribution is -0.140. The van der Waals surface area contributed by atoms with Gasteiger partial charge in [0, 0.05) is 40.8 Å². The summed E-state index contributed by atoms with van der Waals surface area (Å²) < 4.78 is 105. The van der Waals surface area contributed by atoms with Gasteiger partial charge in [-0.1, -0.05) is 12.0 Å². The summed E-state index contributed by atoms with van der Waals surface area (Å²) in [6.07, 6.45) is -5.20. The maximum atomic E-state index is 14.7. The van der Waals surface area contributed by atoms with E-state index >= 15 is 0 Å². The molecular weight excluding hydrogens is 514 g/mol. The molecule has 7 nitrogen and oxygen atoms in total. The van der Waals surface area contributed by atoms with E-state index in [9.17, 15) is 22.4 Å². The van der Waals surface area contributed by atoms with Gasteiger partial charge in [-0.25, -0.2) is 4.39 Å². The van der Waals surface area contributed by atoms with Crippen molar-refractivity contribution in [1.29, 1.82) is 0 Å². The first-order valence-electron chi connectivity index (χ1n) is 15.0. The van der Waals surface area contributed by atoms with Crippen LogP contribution in [0.1, 0.15) is 30.7 Å². The van der Waals surface area contributed by atoms with E-state index < -0.39 is 44.9 Å². The Labute approximate surface area is 232 Å². The Morgan fingerprint density at radius 2 is 2.08 bits per heavy atom. The van der Waals surface area contributed by atoms with Crippen LogP contribution in [0.5, 0.6) is 5.75 Å². The van der Waals surface area contributed by atoms with Gasteiger partial charge in [0.25, 0.3) is 5.91 Å². The van der Waals surface area contributed by atoms with Crippen molar-refractivity contribution in [3.05, 3.63) is 53.7 Å². The highest BCUT2D eigenvalue weighted by Gasteiger charge is 2.31. The van der Waals surface area contributed by atoms with Crippen LogP contribution in [0.3, 0.4) is 0 Å². The van der Waals surface area contributed by atoms with Crippen LogP contribution in [-0.2, 0) is 6.54 Å². The Hall–Kier alpha value is -3.91. The van der Waals surface area contributed by atoms with Crippen molar-refractivity contribution in [3.63, 3.8) is 0 Å². The lowest BCUT2D eigenvalue weighted by atomic mass is 10.0. The van der Waals surface area contributed by atoms with E-state index in [4.69, 9.17) is 13.0 Å². The smallest absolute Gasteiger partial charge is 0.406 e. The summed E-state index contributed by atoms with van der Waals surface area (Å²) in [7, 11) is -1.10. The molecule has 3 aromatic rings. The van der Waals surface area contributed by atoms with Crippen LogP contribution in [-0.4, -0.2) is 74.5 Å². The minimum Gasteiger partial charge on any atom is -0.495 e. The number of carbonyl (C=O) groups excluding carboxylic acids is 1. The second kappa shape index (κ2) is 11.9. The molecule has 0 spiro atoms. The minimum absolute atomic E-state index is 0.0502. The molecule has 1 saturated heterocycles. The lowest BCUT2D eigenvalue weighted by Gasteiger charge is -2.33. The van der Waals surface area contributed by atoms with Gasteiger partial charge in [0.15, 0.2) is 0 Å². The quantitative estimate of drug-likeness (QED) is 0.298. The molecule has 0 unspecified atom stereocenters. The third kappa shape index (κ3) is 6.75. The van der Waals surface area contributed by atoms with E-state index in [0.717, 1.165) is 10.6 Å². The first-order chi connectivity index (χ1) is 20.9. The molecule has 0 saturated carbocycles. The monoisotopic (exact) mass is 551 g/mol. The number of nitrogens with zero attached hydrogens (tertiary/aromatic N) is 2. The van der Waals surface area contributed by atoms with Crippen molar-refractivity contribution in [2.45, 2.75) is 31.4 Å². The number of methoxy groups -OCH3 is 1. The molecule has 3 N–H and O–H groups in total. The van der Waals surface area contributed by atoms with Gasteiger partial charge in [0.1, 0.15) is 18.5 Å². The van der Waals surface area contributed by atoms with Crippen molar-refractivity contribution >= 4 is 28.2 Å². The van der Waals surface area contributed by atoms with Gasteiger partial charge in [-0.05, 0) is 55.8 Å². The second-order valence-corrected chi connectivity index (χ2v) is 9.21. The van der Waals surface area contributed by atoms with Gasteiger partial charge in [-0.15, -0.1) is 0 Å². The number of fused-ring (bicyclic) bond motifs is 1. The molecular formula is C28H31F4N5O2. The van der Waals surface area contributed by atoms with Gasteiger partial charge in [-0.3, -0.25) is 4.79 Å². The molecule has 2 heterocycles. The van der Waals surface area contributed by atoms with Crippen LogP contribution < -0.4 is 20.7 Å². The molecule has 0 aliphatic carbocycles. The molecule has 11 heteroatoms. The molecule has 0 bridgehead atoms. The number of likely N-dealkylation sites (tertiary alicyclic amines) is 1. The number of anilines is 2. The van der Waals surface area contributed by atoms with Gasteiger partial charge in [0.2, 0.25) is 0 Å². The molecule has 4 rings (SSSR count). The summed E-state index contributed by atoms with van der Waals surface area (Å²) in [4.78, 5) is 14.1. The fourth-order valence-electron chi connectivity index (χ4n) is 4.52. The Balaban J connectivity index is 1.60. The second-order valence-electron chi connectivity index (χ2n) is 9.21. The van der Waals surface area contributed by atoms with E-state index in [-0.39, 0.29) is 41.3 Å². The number of nitrogens with one attached hydrogen (secondary N) is 3. The maximum absolute atomic E-state index is 14.7. The lowest BCUT2D eigenvalue weighted by Crippen LogP contribution is -2.46. The summed E-state index contributed by atoms with van der Waals surface area (Å²) in [5, 5.41) is 8.22. The van der Waals surface area contributed by atoms with Gasteiger partial charge in [-0.2, -0.15) is 13.2 Å². The summed E-state index contributed by atoms with van der Waals surface area (Å²) in [6.45, 7) is -3.35. The van der Waals surface area contributed by atoms with Crippen LogP contribution in [0.25, 0.3) is 10.9 Å². The van der Waals surface area contributed by atoms with Crippen molar-refractivity contribution < 1.29 is 35.3 Å². The fourth-order valence-corrected chi connectivity index (χ4v) is 4.52. The Kier molecular flexibility index (Phi) is 6.38. The van der Waals surface area contributed by atoms with E-state index in [1.807, 2.05) is 11.9 Å². The Morgan fingerprint density at radius 1 is 1.23 bits per heavy atom. The average Bonchev–Trinajstić information content (AvgIpc) is 3.23. The molecule has 1 aliphatic rings. The fraction of sp³-hybridized carbons (Fsp3) is 0.393. The standard InChI is InChI=1S/C28H31F4N5O2/c1-33-27(38)18-9-10-24(26(14-18)39-3)34-12-5-6-19-15-20-22(35-23-11-13-36(2)16-21(23)29)7-4-8-25(20)37(19)17-28(30,31)32/h4,7-10,14-15,21,23,34-35H,11-13,16-17H2,1-3H3,(H,33,38)/t21-,23+/m0/s1/i1D3,3D3. The number of hydrogen-bond donors (Lipinski definition) is 3. The molecule has 2 atom stereocenters. The van der Waals surface area contributed by atoms with Crippen molar-refractivity contribution in [3.8, 4) is 17.6 Å². The van der Waals surface area contributed by atoms with Crippen LogP contribution in [0, 0.1) is 11.8 Å². The summed E-state index contributed by atoms with van der Waals surface area (Å²) in [5.74, 6) is 4.17. The zero-order valence-corrected chi connectivity index (χ0v) is 21.0. The van der Waals surface area contributed by atoms with Crippen LogP contribution in [0.4, 0.5) is 28.9 Å². The van der Waals surface area contributed by atoms with Crippen molar-refractivity contribution in [2.75, 3.05) is 51.3 Å². The summed E-state index contributed by atoms with van der Waals surface area (Å²) >= 11 is 0. The first kappa shape index (κ1) is 21.0. The molecule has 1 amide bonds. The highest BCUT2D eigenvalue weighted by Crippen LogP contribution is 2.32. The van der Waals surface area contributed by atoms with E-state index in [2.05, 4.69) is 22.5 Å². The topological polar surface area (TPSA) is 70.6 Å². The summed E-state index contributed by atoms with van der Waals surface area (Å²) in [6, 6.07) is 9.37. The van der Waals surface area contributed by atoms with E-state index in [0.29, 0.717) is 24.0 Å². The highest BCUT2D eigenvalue weighted by molar-refractivity contribution is 5.95. The maximum Gasteiger partial charge on any atom is 0.406 e. The van der Waals surface area contributed by atoms with Gasteiger partial charge in [0.05, 0.1) is 40.6 Å². The van der Waals surface area contributed by atoms with Gasteiger partial charge < -0.3 is 30.2 Å². The number of hydrogen-bond acceptors (Lipinski definition) is 5. The Morgan fingerprint density at radius 3 is 2.82 bits per heavy atom. The van der Waals surface area contributed by atoms with Crippen LogP contribution in [0.15, 0.2) is 42.5 Å². The number of alkyl halides is 4. The molecule has 1 fully saturated rings. The van der Waals surface area contributed by atoms with E-state index in [1.54, 1.807) is 17.4 Å². The molecule has 208 valence electrons. The number of ether oxygens (including phenoxy) is 1. The predicted molar refractivity (Wildman–Crippen MR) is 144 cm³/mol. The minimum atomic E-state index is -4.56. The van der Waals surface area contributed by atoms with Gasteiger partial charge >= 0.3 is 6.18 Å². The first-order valence-corrected chi connectivity index (χ1v) is 12.0. The predicted octanol–water partition coefficient (Wildman–Crippen LogP) is 4.49. The number of piperidine rings is 1. The number of amides is 1. The molecule has 39 heavy (non-hydrogen) atoms. The largest absolute Gasteiger partial charge is 0.495 e. The van der Waals surface area contributed by atoms with Crippen molar-refractivity contribution in [1.82, 2.24) is 14.8 Å². The normalized spacial score (nSPS) is 20.7. The van der Waals surface area contributed by atoms with E-state index in [1.165, 1.54) is 24.3 Å². The Bertz CT molecular complexity index is 1600. The molecule has 0 radical (unpaired) electrons. The number of halogens is 4. The molecule has 2 aromatic carbocycles. The average molecular weight is 552 g/mol. The number of carbonyl (C=O) groups is 1. The number of rotatable bonds is 7. The molecule has 1 aromatic heterocycles. The molecule has 1 aliphatic heterocycles. The SMILES string of the molecule is [2H]C([2H])([2H])NC(=O)c1ccc(NCC#Cc2cc3c(N[C@@H]4CCN(C)C[C@@H]4F)cccc3n2CC(F)(F)F)c(OC([2H])([2H])[2H])c1. The van der Waals surface area contributed by atoms with Crippen molar-refractivity contribution in [2.24, 2.45) is 0 Å².